The lowest BCUT2D eigenvalue weighted by Gasteiger charge is -2.30. The molecule has 0 bridgehead atoms. The molecule has 7 heteroatoms. The van der Waals surface area contributed by atoms with E-state index in [9.17, 15) is 4.79 Å². The first-order chi connectivity index (χ1) is 12.3. The number of hydrogen-bond donors (Lipinski definition) is 2. The Kier molecular flexibility index (Phi) is 5.09. The maximum absolute atomic E-state index is 13.1. The van der Waals surface area contributed by atoms with Crippen molar-refractivity contribution in [3.63, 3.8) is 0 Å². The normalized spacial score (nSPS) is 16.5. The van der Waals surface area contributed by atoms with Crippen molar-refractivity contribution >= 4 is 29.3 Å². The molecule has 2 aromatic rings. The number of amides is 1. The van der Waals surface area contributed by atoms with Crippen LogP contribution in [0.2, 0.25) is 0 Å². The van der Waals surface area contributed by atoms with Crippen LogP contribution in [0.25, 0.3) is 0 Å². The minimum Gasteiger partial charge on any atom is -0.328 e. The highest BCUT2D eigenvalue weighted by molar-refractivity contribution is 7.98. The summed E-state index contributed by atoms with van der Waals surface area (Å²) in [6.07, 6.45) is 1.94. The average molecular weight is 372 g/mol. The minimum atomic E-state index is -0.162. The molecule has 1 aliphatic heterocycles. The molecule has 0 unspecified atom stereocenters. The van der Waals surface area contributed by atoms with E-state index in [1.54, 1.807) is 0 Å². The van der Waals surface area contributed by atoms with Gasteiger partial charge in [0.15, 0.2) is 0 Å². The lowest BCUT2D eigenvalue weighted by atomic mass is 9.92. The molecule has 1 atom stereocenters. The van der Waals surface area contributed by atoms with Crippen LogP contribution in [-0.2, 0) is 4.79 Å². The Balaban J connectivity index is 1.97. The summed E-state index contributed by atoms with van der Waals surface area (Å²) in [6, 6.07) is 5.86. The van der Waals surface area contributed by atoms with Crippen molar-refractivity contribution in [2.75, 3.05) is 16.9 Å². The number of benzene rings is 1. The van der Waals surface area contributed by atoms with Crippen molar-refractivity contribution < 1.29 is 4.79 Å². The quantitative estimate of drug-likeness (QED) is 0.790. The van der Waals surface area contributed by atoms with E-state index in [4.69, 9.17) is 0 Å². The number of thioether (sulfide) groups is 1. The second-order valence-electron chi connectivity index (χ2n) is 6.99. The number of carbonyl (C=O) groups excluding carboxylic acids is 1. The lowest BCUT2D eigenvalue weighted by molar-refractivity contribution is -0.113. The van der Waals surface area contributed by atoms with Gasteiger partial charge in [0.2, 0.25) is 11.1 Å². The molecule has 1 aromatic heterocycles. The number of aryl methyl sites for hydroxylation is 2. The Morgan fingerprint density at radius 1 is 1.31 bits per heavy atom. The van der Waals surface area contributed by atoms with Gasteiger partial charge >= 0.3 is 0 Å². The van der Waals surface area contributed by atoms with Gasteiger partial charge in [0.25, 0.3) is 5.91 Å². The summed E-state index contributed by atoms with van der Waals surface area (Å²) < 4.78 is 1.83. The van der Waals surface area contributed by atoms with Gasteiger partial charge in [-0.3, -0.25) is 4.79 Å². The number of hydrogen-bond acceptors (Lipinski definition) is 5. The molecule has 138 valence electrons. The number of nitrogens with one attached hydrogen (secondary N) is 2. The van der Waals surface area contributed by atoms with Gasteiger partial charge in [0.05, 0.1) is 11.6 Å². The van der Waals surface area contributed by atoms with Crippen LogP contribution >= 0.6 is 11.8 Å². The molecule has 0 aliphatic carbocycles. The number of rotatable bonds is 4. The zero-order valence-corrected chi connectivity index (χ0v) is 16.9. The van der Waals surface area contributed by atoms with Gasteiger partial charge in [-0.05, 0) is 44.6 Å². The standard InChI is InChI=1S/C19H25N5OS/c1-10(2)16-15(13(5)20-18-22-19(26-6)23-24(16)18)17(25)21-14-8-7-11(3)9-12(14)4/h7-10,16H,1-6H3,(H,21,25)(H,20,22,23)/t16-/m0/s1. The van der Waals surface area contributed by atoms with Crippen LogP contribution < -0.4 is 10.6 Å². The fourth-order valence-electron chi connectivity index (χ4n) is 3.31. The molecule has 0 radical (unpaired) electrons. The fraction of sp³-hybridized carbons (Fsp3) is 0.421. The van der Waals surface area contributed by atoms with Crippen LogP contribution in [0.1, 0.15) is 37.9 Å². The van der Waals surface area contributed by atoms with Crippen LogP contribution in [0.15, 0.2) is 34.6 Å². The first kappa shape index (κ1) is 18.5. The molecule has 1 amide bonds. The predicted molar refractivity (Wildman–Crippen MR) is 107 cm³/mol. The van der Waals surface area contributed by atoms with E-state index in [2.05, 4.69) is 40.6 Å². The van der Waals surface area contributed by atoms with E-state index in [1.165, 1.54) is 17.3 Å². The summed E-state index contributed by atoms with van der Waals surface area (Å²) in [7, 11) is 0. The Morgan fingerprint density at radius 3 is 2.65 bits per heavy atom. The molecular formula is C19H25N5OS. The van der Waals surface area contributed by atoms with Gasteiger partial charge in [-0.1, -0.05) is 43.3 Å². The largest absolute Gasteiger partial charge is 0.328 e. The number of anilines is 2. The molecule has 0 saturated heterocycles. The molecule has 1 aliphatic rings. The molecule has 26 heavy (non-hydrogen) atoms. The summed E-state index contributed by atoms with van der Waals surface area (Å²) in [5, 5.41) is 11.6. The number of carbonyl (C=O) groups is 1. The van der Waals surface area contributed by atoms with E-state index < -0.39 is 0 Å². The number of aromatic nitrogens is 3. The van der Waals surface area contributed by atoms with Gasteiger partial charge in [-0.2, -0.15) is 4.98 Å². The molecule has 0 fully saturated rings. The summed E-state index contributed by atoms with van der Waals surface area (Å²) in [4.78, 5) is 17.6. The number of allylic oxidation sites excluding steroid dienone is 1. The molecule has 2 N–H and O–H groups in total. The van der Waals surface area contributed by atoms with Crippen molar-refractivity contribution in [2.24, 2.45) is 5.92 Å². The van der Waals surface area contributed by atoms with Gasteiger partial charge in [-0.15, -0.1) is 5.10 Å². The SMILES string of the molecule is CSc1nc2n(n1)[C@@H](C(C)C)C(C(=O)Nc1ccc(C)cc1C)=C(C)N2. The maximum Gasteiger partial charge on any atom is 0.255 e. The Hall–Kier alpha value is -2.28. The highest BCUT2D eigenvalue weighted by atomic mass is 32.2. The molecule has 0 spiro atoms. The zero-order chi connectivity index (χ0) is 19.0. The number of fused-ring (bicyclic) bond motifs is 1. The van der Waals surface area contributed by atoms with Crippen LogP contribution in [0, 0.1) is 19.8 Å². The zero-order valence-electron chi connectivity index (χ0n) is 16.0. The van der Waals surface area contributed by atoms with E-state index in [1.807, 2.05) is 43.8 Å². The third-order valence-electron chi connectivity index (χ3n) is 4.56. The van der Waals surface area contributed by atoms with E-state index >= 15 is 0 Å². The minimum absolute atomic E-state index is 0.104. The van der Waals surface area contributed by atoms with Crippen molar-refractivity contribution in [1.29, 1.82) is 0 Å². The molecule has 6 nitrogen and oxygen atoms in total. The second-order valence-corrected chi connectivity index (χ2v) is 7.77. The highest BCUT2D eigenvalue weighted by Crippen LogP contribution is 2.36. The summed E-state index contributed by atoms with van der Waals surface area (Å²) in [6.45, 7) is 10.2. The maximum atomic E-state index is 13.1. The van der Waals surface area contributed by atoms with Crippen molar-refractivity contribution in [3.05, 3.63) is 40.6 Å². The first-order valence-electron chi connectivity index (χ1n) is 8.68. The van der Waals surface area contributed by atoms with Gasteiger partial charge in [0.1, 0.15) is 0 Å². The molecular weight excluding hydrogens is 346 g/mol. The van der Waals surface area contributed by atoms with E-state index in [0.29, 0.717) is 16.7 Å². The molecule has 1 aromatic carbocycles. The number of nitrogens with zero attached hydrogens (tertiary/aromatic N) is 3. The topological polar surface area (TPSA) is 71.8 Å². The second kappa shape index (κ2) is 7.15. The van der Waals surface area contributed by atoms with Gasteiger partial charge in [-0.25, -0.2) is 4.68 Å². The van der Waals surface area contributed by atoms with Crippen LogP contribution in [0.3, 0.4) is 0 Å². The van der Waals surface area contributed by atoms with Crippen molar-refractivity contribution in [3.8, 4) is 0 Å². The Labute approximate surface area is 158 Å². The third kappa shape index (κ3) is 3.35. The highest BCUT2D eigenvalue weighted by Gasteiger charge is 2.35. The lowest BCUT2D eigenvalue weighted by Crippen LogP contribution is -2.33. The van der Waals surface area contributed by atoms with E-state index in [0.717, 1.165) is 16.9 Å². The molecule has 3 rings (SSSR count). The Bertz CT molecular complexity index is 884. The van der Waals surface area contributed by atoms with Crippen LogP contribution in [0.4, 0.5) is 11.6 Å². The van der Waals surface area contributed by atoms with Crippen molar-refractivity contribution in [2.45, 2.75) is 45.8 Å². The Morgan fingerprint density at radius 2 is 2.04 bits per heavy atom. The third-order valence-corrected chi connectivity index (χ3v) is 5.10. The monoisotopic (exact) mass is 371 g/mol. The molecule has 2 heterocycles. The van der Waals surface area contributed by atoms with Gasteiger partial charge < -0.3 is 10.6 Å². The van der Waals surface area contributed by atoms with E-state index in [-0.39, 0.29) is 17.9 Å². The van der Waals surface area contributed by atoms with Crippen molar-refractivity contribution in [1.82, 2.24) is 14.8 Å². The smallest absolute Gasteiger partial charge is 0.255 e. The summed E-state index contributed by atoms with van der Waals surface area (Å²) in [5.41, 5.74) is 4.57. The van der Waals surface area contributed by atoms with Gasteiger partial charge in [0, 0.05) is 11.4 Å². The fourth-order valence-corrected chi connectivity index (χ4v) is 3.66. The molecule has 0 saturated carbocycles. The van der Waals surface area contributed by atoms with Crippen LogP contribution in [0.5, 0.6) is 0 Å². The average Bonchev–Trinajstić information content (AvgIpc) is 2.98. The first-order valence-corrected chi connectivity index (χ1v) is 9.91. The predicted octanol–water partition coefficient (Wildman–Crippen LogP) is 4.15. The van der Waals surface area contributed by atoms with Crippen LogP contribution in [-0.4, -0.2) is 26.9 Å². The summed E-state index contributed by atoms with van der Waals surface area (Å²) in [5.74, 6) is 0.781. The summed E-state index contributed by atoms with van der Waals surface area (Å²) >= 11 is 1.49.